The van der Waals surface area contributed by atoms with Crippen LogP contribution in [-0.2, 0) is 10.0 Å². The highest BCUT2D eigenvalue weighted by atomic mass is 32.2. The molecule has 1 unspecified atom stereocenters. The lowest BCUT2D eigenvalue weighted by molar-refractivity contribution is 0.394. The lowest BCUT2D eigenvalue weighted by Gasteiger charge is -2.25. The highest BCUT2D eigenvalue weighted by Gasteiger charge is 2.29. The SMILES string of the molecule is CC(c1ccc(F)cc1)N(C)S(=O)(=O)c1ccc(F)cc1F. The molecular weight excluding hydrogens is 315 g/mol. The van der Waals surface area contributed by atoms with Crippen molar-refractivity contribution < 1.29 is 21.6 Å². The average molecular weight is 329 g/mol. The molecule has 0 amide bonds. The predicted molar refractivity (Wildman–Crippen MR) is 76.1 cm³/mol. The molecule has 0 saturated carbocycles. The summed E-state index contributed by atoms with van der Waals surface area (Å²) < 4.78 is 65.4. The summed E-state index contributed by atoms with van der Waals surface area (Å²) in [4.78, 5) is -0.606. The van der Waals surface area contributed by atoms with Gasteiger partial charge in [0.1, 0.15) is 22.3 Å². The lowest BCUT2D eigenvalue weighted by Crippen LogP contribution is -2.30. The molecule has 0 radical (unpaired) electrons. The van der Waals surface area contributed by atoms with Crippen LogP contribution >= 0.6 is 0 Å². The fraction of sp³-hybridized carbons (Fsp3) is 0.200. The zero-order chi connectivity index (χ0) is 16.5. The Morgan fingerprint density at radius 1 is 0.955 bits per heavy atom. The van der Waals surface area contributed by atoms with E-state index in [4.69, 9.17) is 0 Å². The van der Waals surface area contributed by atoms with Gasteiger partial charge in [-0.3, -0.25) is 0 Å². The number of sulfonamides is 1. The summed E-state index contributed by atoms with van der Waals surface area (Å²) in [6.07, 6.45) is 0. The average Bonchev–Trinajstić information content (AvgIpc) is 2.46. The van der Waals surface area contributed by atoms with E-state index in [9.17, 15) is 21.6 Å². The van der Waals surface area contributed by atoms with Crippen molar-refractivity contribution in [2.75, 3.05) is 7.05 Å². The van der Waals surface area contributed by atoms with Gasteiger partial charge in [-0.25, -0.2) is 21.6 Å². The molecule has 2 aromatic rings. The largest absolute Gasteiger partial charge is 0.246 e. The van der Waals surface area contributed by atoms with E-state index in [1.807, 2.05) is 0 Å². The fourth-order valence-corrected chi connectivity index (χ4v) is 3.39. The van der Waals surface area contributed by atoms with E-state index < -0.39 is 38.4 Å². The van der Waals surface area contributed by atoms with E-state index in [0.29, 0.717) is 11.6 Å². The second-order valence-electron chi connectivity index (χ2n) is 4.82. The topological polar surface area (TPSA) is 37.4 Å². The predicted octanol–water partition coefficient (Wildman–Crippen LogP) is 3.49. The first kappa shape index (κ1) is 16.5. The number of nitrogens with zero attached hydrogens (tertiary/aromatic N) is 1. The molecule has 0 spiro atoms. The second kappa shape index (κ2) is 6.10. The van der Waals surface area contributed by atoms with E-state index in [0.717, 1.165) is 16.4 Å². The Morgan fingerprint density at radius 3 is 2.05 bits per heavy atom. The Kier molecular flexibility index (Phi) is 4.58. The Bertz CT molecular complexity index is 776. The molecule has 0 aliphatic rings. The van der Waals surface area contributed by atoms with Crippen molar-refractivity contribution in [3.8, 4) is 0 Å². The van der Waals surface area contributed by atoms with Crippen LogP contribution < -0.4 is 0 Å². The first-order valence-electron chi connectivity index (χ1n) is 6.42. The Hall–Kier alpha value is -1.86. The van der Waals surface area contributed by atoms with Crippen LogP contribution in [0.25, 0.3) is 0 Å². The maximum Gasteiger partial charge on any atom is 0.246 e. The number of halogens is 3. The molecule has 2 aromatic carbocycles. The third-order valence-electron chi connectivity index (χ3n) is 3.45. The summed E-state index contributed by atoms with van der Waals surface area (Å²) in [7, 11) is -2.86. The van der Waals surface area contributed by atoms with Crippen molar-refractivity contribution in [2.24, 2.45) is 0 Å². The smallest absolute Gasteiger partial charge is 0.207 e. The van der Waals surface area contributed by atoms with Crippen LogP contribution in [0.5, 0.6) is 0 Å². The molecule has 0 heterocycles. The summed E-state index contributed by atoms with van der Waals surface area (Å²) in [5.74, 6) is -2.45. The van der Waals surface area contributed by atoms with Gasteiger partial charge >= 0.3 is 0 Å². The highest BCUT2D eigenvalue weighted by molar-refractivity contribution is 7.89. The molecule has 22 heavy (non-hydrogen) atoms. The quantitative estimate of drug-likeness (QED) is 0.861. The van der Waals surface area contributed by atoms with Crippen molar-refractivity contribution in [3.05, 3.63) is 65.5 Å². The zero-order valence-electron chi connectivity index (χ0n) is 11.9. The normalized spacial score (nSPS) is 13.4. The van der Waals surface area contributed by atoms with Crippen LogP contribution in [0.3, 0.4) is 0 Å². The Balaban J connectivity index is 2.38. The van der Waals surface area contributed by atoms with Crippen molar-refractivity contribution >= 4 is 10.0 Å². The minimum absolute atomic E-state index is 0.439. The summed E-state index contributed by atoms with van der Waals surface area (Å²) >= 11 is 0. The lowest BCUT2D eigenvalue weighted by atomic mass is 10.1. The van der Waals surface area contributed by atoms with Crippen molar-refractivity contribution in [2.45, 2.75) is 17.9 Å². The Labute approximate surface area is 127 Å². The van der Waals surface area contributed by atoms with Gasteiger partial charge in [-0.15, -0.1) is 0 Å². The number of hydrogen-bond donors (Lipinski definition) is 0. The fourth-order valence-electron chi connectivity index (χ4n) is 2.00. The first-order valence-corrected chi connectivity index (χ1v) is 7.86. The summed E-state index contributed by atoms with van der Waals surface area (Å²) in [5.41, 5.74) is 0.551. The van der Waals surface area contributed by atoms with Crippen LogP contribution in [0, 0.1) is 17.5 Å². The second-order valence-corrected chi connectivity index (χ2v) is 6.79. The van der Waals surface area contributed by atoms with Gasteiger partial charge in [0.15, 0.2) is 0 Å². The maximum atomic E-state index is 13.7. The van der Waals surface area contributed by atoms with E-state index in [1.165, 1.54) is 31.3 Å². The van der Waals surface area contributed by atoms with Crippen molar-refractivity contribution in [1.82, 2.24) is 4.31 Å². The molecule has 7 heteroatoms. The number of rotatable bonds is 4. The minimum Gasteiger partial charge on any atom is -0.207 e. The monoisotopic (exact) mass is 329 g/mol. The van der Waals surface area contributed by atoms with Crippen LogP contribution in [-0.4, -0.2) is 19.8 Å². The Morgan fingerprint density at radius 2 is 1.50 bits per heavy atom. The van der Waals surface area contributed by atoms with Gasteiger partial charge in [0.2, 0.25) is 10.0 Å². The highest BCUT2D eigenvalue weighted by Crippen LogP contribution is 2.27. The number of benzene rings is 2. The molecule has 1 atom stereocenters. The van der Waals surface area contributed by atoms with E-state index in [1.54, 1.807) is 6.92 Å². The molecule has 0 bridgehead atoms. The molecule has 0 aromatic heterocycles. The van der Waals surface area contributed by atoms with Crippen LogP contribution in [0.1, 0.15) is 18.5 Å². The third kappa shape index (κ3) is 3.15. The van der Waals surface area contributed by atoms with Crippen LogP contribution in [0.2, 0.25) is 0 Å². The standard InChI is InChI=1S/C15H14F3NO2S/c1-10(11-3-5-12(16)6-4-11)19(2)22(20,21)15-8-7-13(17)9-14(15)18/h3-10H,1-2H3. The van der Waals surface area contributed by atoms with Gasteiger partial charge in [0.25, 0.3) is 0 Å². The zero-order valence-corrected chi connectivity index (χ0v) is 12.7. The summed E-state index contributed by atoms with van der Waals surface area (Å²) in [6, 6.07) is 6.97. The summed E-state index contributed by atoms with van der Waals surface area (Å²) in [6.45, 7) is 1.59. The van der Waals surface area contributed by atoms with E-state index in [2.05, 4.69) is 0 Å². The molecule has 3 nitrogen and oxygen atoms in total. The van der Waals surface area contributed by atoms with Gasteiger partial charge < -0.3 is 0 Å². The molecule has 0 fully saturated rings. The van der Waals surface area contributed by atoms with E-state index >= 15 is 0 Å². The van der Waals surface area contributed by atoms with Gasteiger partial charge in [-0.1, -0.05) is 12.1 Å². The first-order chi connectivity index (χ1) is 10.2. The van der Waals surface area contributed by atoms with Gasteiger partial charge in [0.05, 0.1) is 0 Å². The number of hydrogen-bond acceptors (Lipinski definition) is 2. The van der Waals surface area contributed by atoms with Gasteiger partial charge in [-0.2, -0.15) is 4.31 Å². The van der Waals surface area contributed by atoms with Gasteiger partial charge in [0, 0.05) is 19.2 Å². The molecule has 0 aliphatic carbocycles. The van der Waals surface area contributed by atoms with Crippen LogP contribution in [0.15, 0.2) is 47.4 Å². The van der Waals surface area contributed by atoms with Crippen molar-refractivity contribution in [3.63, 3.8) is 0 Å². The molecule has 118 valence electrons. The maximum absolute atomic E-state index is 13.7. The molecular formula is C15H14F3NO2S. The molecule has 0 aliphatic heterocycles. The minimum atomic E-state index is -4.15. The third-order valence-corrected chi connectivity index (χ3v) is 5.41. The molecule has 0 saturated heterocycles. The molecule has 2 rings (SSSR count). The summed E-state index contributed by atoms with van der Waals surface area (Å²) in [5, 5.41) is 0. The molecule has 0 N–H and O–H groups in total. The van der Waals surface area contributed by atoms with Crippen LogP contribution in [0.4, 0.5) is 13.2 Å². The van der Waals surface area contributed by atoms with Gasteiger partial charge in [-0.05, 0) is 36.8 Å². The van der Waals surface area contributed by atoms with E-state index in [-0.39, 0.29) is 0 Å². The van der Waals surface area contributed by atoms with Crippen molar-refractivity contribution in [1.29, 1.82) is 0 Å².